The van der Waals surface area contributed by atoms with Gasteiger partial charge in [-0.15, -0.1) is 0 Å². The fourth-order valence-electron chi connectivity index (χ4n) is 2.82. The van der Waals surface area contributed by atoms with Crippen molar-refractivity contribution in [2.75, 3.05) is 12.3 Å². The molecule has 1 unspecified atom stereocenters. The average molecular weight is 541 g/mol. The van der Waals surface area contributed by atoms with Gasteiger partial charge in [-0.25, -0.2) is 0 Å². The van der Waals surface area contributed by atoms with Crippen molar-refractivity contribution < 1.29 is 5.11 Å². The van der Waals surface area contributed by atoms with Gasteiger partial charge in [0.05, 0.1) is 10.7 Å². The van der Waals surface area contributed by atoms with Gasteiger partial charge in [0.15, 0.2) is 0 Å². The molecule has 3 rings (SSSR count). The van der Waals surface area contributed by atoms with Gasteiger partial charge in [-0.2, -0.15) is 0 Å². The van der Waals surface area contributed by atoms with E-state index in [9.17, 15) is 5.11 Å². The zero-order valence-corrected chi connectivity index (χ0v) is 16.7. The van der Waals surface area contributed by atoms with E-state index in [1.165, 1.54) is 16.7 Å². The van der Waals surface area contributed by atoms with Crippen molar-refractivity contribution in [3.05, 3.63) is 53.1 Å². The van der Waals surface area contributed by atoms with Crippen LogP contribution in [0.5, 0.6) is 5.75 Å². The molecule has 0 bridgehead atoms. The highest BCUT2D eigenvalue weighted by molar-refractivity contribution is 14.1. The van der Waals surface area contributed by atoms with Crippen molar-refractivity contribution in [3.8, 4) is 5.75 Å². The van der Waals surface area contributed by atoms with E-state index >= 15 is 0 Å². The standard InChI is InChI=1S/C16H15ClI2N2O/c17-11-7-10-9(6-15(11)22)1-2-21-14(10)5-8-3-12(18)16(20)13(19)4-8/h3-4,6-7,14,21-22H,1-2,5,20H2. The third-order valence-electron chi connectivity index (χ3n) is 3.95. The Morgan fingerprint density at radius 3 is 2.59 bits per heavy atom. The Bertz CT molecular complexity index is 713. The van der Waals surface area contributed by atoms with E-state index < -0.39 is 0 Å². The molecule has 116 valence electrons. The Balaban J connectivity index is 1.94. The number of nitrogens with two attached hydrogens (primary N) is 1. The summed E-state index contributed by atoms with van der Waals surface area (Å²) in [7, 11) is 0. The minimum Gasteiger partial charge on any atom is -0.506 e. The number of nitrogens with one attached hydrogen (secondary N) is 1. The maximum atomic E-state index is 9.79. The molecule has 1 atom stereocenters. The fraction of sp³-hybridized carbons (Fsp3) is 0.250. The number of fused-ring (bicyclic) bond motifs is 1. The van der Waals surface area contributed by atoms with Crippen LogP contribution in [-0.4, -0.2) is 11.7 Å². The quantitative estimate of drug-likeness (QED) is 0.394. The Labute approximate surface area is 161 Å². The first kappa shape index (κ1) is 16.6. The number of hydrogen-bond acceptors (Lipinski definition) is 3. The first-order valence-corrected chi connectivity index (χ1v) is 9.47. The summed E-state index contributed by atoms with van der Waals surface area (Å²) in [4.78, 5) is 0. The van der Waals surface area contributed by atoms with Crippen molar-refractivity contribution in [2.45, 2.75) is 18.9 Å². The number of halogens is 3. The Morgan fingerprint density at radius 1 is 1.23 bits per heavy atom. The van der Waals surface area contributed by atoms with Crippen molar-refractivity contribution in [3.63, 3.8) is 0 Å². The highest BCUT2D eigenvalue weighted by Gasteiger charge is 2.22. The van der Waals surface area contributed by atoms with Gasteiger partial charge in [0.1, 0.15) is 5.75 Å². The number of benzene rings is 2. The predicted octanol–water partition coefficient (Wildman–Crippen LogP) is 4.27. The summed E-state index contributed by atoms with van der Waals surface area (Å²) in [5, 5.41) is 13.7. The second-order valence-electron chi connectivity index (χ2n) is 5.44. The van der Waals surface area contributed by atoms with Crippen LogP contribution in [0.3, 0.4) is 0 Å². The fourth-order valence-corrected chi connectivity index (χ4v) is 4.89. The lowest BCUT2D eigenvalue weighted by Crippen LogP contribution is -2.31. The van der Waals surface area contributed by atoms with Crippen molar-refractivity contribution in [1.29, 1.82) is 0 Å². The number of rotatable bonds is 2. The van der Waals surface area contributed by atoms with Gasteiger partial charge >= 0.3 is 0 Å². The minimum absolute atomic E-state index is 0.164. The average Bonchev–Trinajstić information content (AvgIpc) is 2.47. The Hall–Kier alpha value is -0.250. The predicted molar refractivity (Wildman–Crippen MR) is 108 cm³/mol. The molecular weight excluding hydrogens is 525 g/mol. The third kappa shape index (κ3) is 3.32. The lowest BCUT2D eigenvalue weighted by molar-refractivity contribution is 0.467. The molecule has 0 saturated heterocycles. The number of aromatic hydroxyl groups is 1. The summed E-state index contributed by atoms with van der Waals surface area (Å²) in [6, 6.07) is 8.15. The van der Waals surface area contributed by atoms with Gasteiger partial charge in [-0.1, -0.05) is 11.6 Å². The Kier molecular flexibility index (Phi) is 5.06. The Morgan fingerprint density at radius 2 is 1.91 bits per heavy atom. The molecule has 0 aliphatic carbocycles. The zero-order chi connectivity index (χ0) is 15.9. The number of nitrogen functional groups attached to an aromatic ring is 1. The molecule has 1 heterocycles. The van der Waals surface area contributed by atoms with Gasteiger partial charge in [-0.3, -0.25) is 0 Å². The van der Waals surface area contributed by atoms with Crippen LogP contribution in [-0.2, 0) is 12.8 Å². The molecule has 6 heteroatoms. The van der Waals surface area contributed by atoms with Crippen LogP contribution in [0.4, 0.5) is 5.69 Å². The molecule has 2 aromatic carbocycles. The molecule has 0 spiro atoms. The van der Waals surface area contributed by atoms with Crippen LogP contribution in [0.1, 0.15) is 22.7 Å². The van der Waals surface area contributed by atoms with Crippen molar-refractivity contribution in [1.82, 2.24) is 5.32 Å². The van der Waals surface area contributed by atoms with Crippen LogP contribution in [0.15, 0.2) is 24.3 Å². The lowest BCUT2D eigenvalue weighted by atomic mass is 9.90. The second kappa shape index (κ2) is 6.70. The molecule has 0 radical (unpaired) electrons. The minimum atomic E-state index is 0.164. The molecule has 0 amide bonds. The topological polar surface area (TPSA) is 58.3 Å². The van der Waals surface area contributed by atoms with Gasteiger partial charge in [0.2, 0.25) is 0 Å². The van der Waals surface area contributed by atoms with E-state index in [1.807, 2.05) is 6.07 Å². The maximum Gasteiger partial charge on any atom is 0.134 e. The molecule has 1 aliphatic heterocycles. The van der Waals surface area contributed by atoms with Crippen LogP contribution in [0, 0.1) is 7.14 Å². The van der Waals surface area contributed by atoms with Crippen molar-refractivity contribution >= 4 is 62.5 Å². The summed E-state index contributed by atoms with van der Waals surface area (Å²) < 4.78 is 2.17. The number of hydrogen-bond donors (Lipinski definition) is 3. The smallest absolute Gasteiger partial charge is 0.134 e. The number of phenols is 1. The van der Waals surface area contributed by atoms with Gasteiger partial charge in [0.25, 0.3) is 0 Å². The molecule has 4 N–H and O–H groups in total. The van der Waals surface area contributed by atoms with E-state index in [2.05, 4.69) is 62.6 Å². The first-order valence-electron chi connectivity index (χ1n) is 6.93. The maximum absolute atomic E-state index is 9.79. The zero-order valence-electron chi connectivity index (χ0n) is 11.7. The van der Waals surface area contributed by atoms with E-state index in [1.54, 1.807) is 6.07 Å². The van der Waals surface area contributed by atoms with Gasteiger partial charge in [-0.05, 0) is 106 Å². The molecule has 22 heavy (non-hydrogen) atoms. The van der Waals surface area contributed by atoms with E-state index in [-0.39, 0.29) is 11.8 Å². The van der Waals surface area contributed by atoms with Crippen LogP contribution < -0.4 is 11.1 Å². The van der Waals surface area contributed by atoms with Crippen molar-refractivity contribution in [2.24, 2.45) is 0 Å². The summed E-state index contributed by atoms with van der Waals surface area (Å²) in [5.41, 5.74) is 10.5. The van der Waals surface area contributed by atoms with Crippen LogP contribution in [0.25, 0.3) is 0 Å². The molecule has 0 saturated carbocycles. The van der Waals surface area contributed by atoms with Gasteiger partial charge in [0, 0.05) is 13.2 Å². The summed E-state index contributed by atoms with van der Waals surface area (Å²) in [5.74, 6) is 0.164. The first-order chi connectivity index (χ1) is 10.5. The van der Waals surface area contributed by atoms with E-state index in [0.29, 0.717) is 5.02 Å². The largest absolute Gasteiger partial charge is 0.506 e. The summed E-state index contributed by atoms with van der Waals surface area (Å²) in [6.07, 6.45) is 1.79. The normalized spacial score (nSPS) is 17.3. The highest BCUT2D eigenvalue weighted by atomic mass is 127. The second-order valence-corrected chi connectivity index (χ2v) is 8.17. The highest BCUT2D eigenvalue weighted by Crippen LogP contribution is 2.34. The third-order valence-corrected chi connectivity index (χ3v) is 6.04. The number of anilines is 1. The number of phenolic OH excluding ortho intramolecular Hbond substituents is 1. The molecule has 3 nitrogen and oxygen atoms in total. The molecular formula is C16H15ClI2N2O. The lowest BCUT2D eigenvalue weighted by Gasteiger charge is -2.28. The summed E-state index contributed by atoms with van der Waals surface area (Å²) >= 11 is 10.6. The van der Waals surface area contributed by atoms with Crippen LogP contribution >= 0.6 is 56.8 Å². The molecule has 0 aromatic heterocycles. The van der Waals surface area contributed by atoms with E-state index in [4.69, 9.17) is 17.3 Å². The summed E-state index contributed by atoms with van der Waals surface area (Å²) in [6.45, 7) is 0.905. The van der Waals surface area contributed by atoms with Gasteiger partial charge < -0.3 is 16.2 Å². The molecule has 1 aliphatic rings. The van der Waals surface area contributed by atoms with E-state index in [0.717, 1.165) is 32.2 Å². The monoisotopic (exact) mass is 540 g/mol. The molecule has 2 aromatic rings. The van der Waals surface area contributed by atoms with Crippen LogP contribution in [0.2, 0.25) is 5.02 Å². The SMILES string of the molecule is Nc1c(I)cc(CC2NCCc3cc(O)c(Cl)cc32)cc1I. The molecule has 0 fully saturated rings.